The van der Waals surface area contributed by atoms with Crippen LogP contribution in [0.2, 0.25) is 0 Å². The van der Waals surface area contributed by atoms with Crippen molar-refractivity contribution in [2.45, 2.75) is 17.9 Å². The predicted molar refractivity (Wildman–Crippen MR) is 75.7 cm³/mol. The highest BCUT2D eigenvalue weighted by Gasteiger charge is 2.30. The molecule has 2 aromatic rings. The maximum Gasteiger partial charge on any atom is 0.573 e. The summed E-state index contributed by atoms with van der Waals surface area (Å²) in [5, 5.41) is 0. The van der Waals surface area contributed by atoms with E-state index in [0.717, 1.165) is 10.5 Å². The van der Waals surface area contributed by atoms with Crippen molar-refractivity contribution in [3.05, 3.63) is 54.1 Å². The van der Waals surface area contributed by atoms with Crippen LogP contribution >= 0.6 is 11.8 Å². The monoisotopic (exact) mass is 314 g/mol. The molecule has 0 unspecified atom stereocenters. The fraction of sp³-hybridized carbons (Fsp3) is 0.200. The molecule has 0 atom stereocenters. The number of thioether (sulfide) groups is 1. The Morgan fingerprint density at radius 1 is 1.00 bits per heavy atom. The standard InChI is InChI=1S/C15H13F3O2S/c1-21-14-4-2-3-11(9-14)10-19-12-5-7-13(8-6-12)20-15(16,17)18/h2-9H,10H2,1H3. The summed E-state index contributed by atoms with van der Waals surface area (Å²) in [6.45, 7) is 0.355. The van der Waals surface area contributed by atoms with Gasteiger partial charge >= 0.3 is 6.36 Å². The van der Waals surface area contributed by atoms with Crippen molar-refractivity contribution in [3.63, 3.8) is 0 Å². The highest BCUT2D eigenvalue weighted by molar-refractivity contribution is 7.98. The fourth-order valence-electron chi connectivity index (χ4n) is 1.67. The van der Waals surface area contributed by atoms with Crippen molar-refractivity contribution in [2.75, 3.05) is 6.26 Å². The smallest absolute Gasteiger partial charge is 0.489 e. The summed E-state index contributed by atoms with van der Waals surface area (Å²) in [6.07, 6.45) is -2.69. The Morgan fingerprint density at radius 2 is 1.67 bits per heavy atom. The van der Waals surface area contributed by atoms with Crippen molar-refractivity contribution >= 4 is 11.8 Å². The van der Waals surface area contributed by atoms with Crippen molar-refractivity contribution in [3.8, 4) is 11.5 Å². The van der Waals surface area contributed by atoms with Gasteiger partial charge in [0.2, 0.25) is 0 Å². The zero-order valence-electron chi connectivity index (χ0n) is 11.2. The number of alkyl halides is 3. The Labute approximate surface area is 124 Å². The molecular weight excluding hydrogens is 301 g/mol. The molecule has 0 aromatic heterocycles. The van der Waals surface area contributed by atoms with Gasteiger partial charge in [0.05, 0.1) is 0 Å². The summed E-state index contributed by atoms with van der Waals surface area (Å²) in [5.41, 5.74) is 0.998. The van der Waals surface area contributed by atoms with Crippen LogP contribution in [0.5, 0.6) is 11.5 Å². The van der Waals surface area contributed by atoms with Crippen molar-refractivity contribution in [2.24, 2.45) is 0 Å². The zero-order valence-corrected chi connectivity index (χ0v) is 12.0. The fourth-order valence-corrected chi connectivity index (χ4v) is 2.15. The minimum absolute atomic E-state index is 0.265. The van der Waals surface area contributed by atoms with Crippen molar-refractivity contribution < 1.29 is 22.6 Å². The van der Waals surface area contributed by atoms with E-state index in [4.69, 9.17) is 4.74 Å². The predicted octanol–water partition coefficient (Wildman–Crippen LogP) is 4.89. The Hall–Kier alpha value is -1.82. The molecule has 2 rings (SSSR count). The van der Waals surface area contributed by atoms with Crippen LogP contribution in [-0.2, 0) is 6.61 Å². The van der Waals surface area contributed by atoms with Gasteiger partial charge in [-0.15, -0.1) is 24.9 Å². The minimum atomic E-state index is -4.68. The average Bonchev–Trinajstić information content (AvgIpc) is 2.45. The summed E-state index contributed by atoms with van der Waals surface area (Å²) in [4.78, 5) is 1.13. The molecular formula is C15H13F3O2S. The lowest BCUT2D eigenvalue weighted by Crippen LogP contribution is -2.16. The molecule has 0 bridgehead atoms. The third kappa shape index (κ3) is 5.23. The second-order valence-electron chi connectivity index (χ2n) is 4.16. The Kier molecular flexibility index (Phi) is 5.01. The lowest BCUT2D eigenvalue weighted by atomic mass is 10.2. The quantitative estimate of drug-likeness (QED) is 0.732. The van der Waals surface area contributed by atoms with Crippen LogP contribution in [-0.4, -0.2) is 12.6 Å². The minimum Gasteiger partial charge on any atom is -0.489 e. The third-order valence-electron chi connectivity index (χ3n) is 2.60. The molecule has 6 heteroatoms. The van der Waals surface area contributed by atoms with Crippen LogP contribution in [0.25, 0.3) is 0 Å². The van der Waals surface area contributed by atoms with E-state index in [1.165, 1.54) is 24.3 Å². The SMILES string of the molecule is CSc1cccc(COc2ccc(OC(F)(F)F)cc2)c1. The first kappa shape index (κ1) is 15.6. The van der Waals surface area contributed by atoms with Crippen LogP contribution in [0.15, 0.2) is 53.4 Å². The van der Waals surface area contributed by atoms with Crippen LogP contribution < -0.4 is 9.47 Å². The first-order valence-electron chi connectivity index (χ1n) is 6.08. The molecule has 0 heterocycles. The normalized spacial score (nSPS) is 11.2. The second kappa shape index (κ2) is 6.76. The van der Waals surface area contributed by atoms with Gasteiger partial charge in [-0.1, -0.05) is 12.1 Å². The van der Waals surface area contributed by atoms with E-state index in [0.29, 0.717) is 12.4 Å². The van der Waals surface area contributed by atoms with Gasteiger partial charge in [0.25, 0.3) is 0 Å². The van der Waals surface area contributed by atoms with E-state index >= 15 is 0 Å². The molecule has 0 amide bonds. The number of halogens is 3. The van der Waals surface area contributed by atoms with Crippen LogP contribution in [0.4, 0.5) is 13.2 Å². The van der Waals surface area contributed by atoms with Crippen LogP contribution in [0.3, 0.4) is 0 Å². The zero-order chi connectivity index (χ0) is 15.3. The Balaban J connectivity index is 1.94. The summed E-state index contributed by atoms with van der Waals surface area (Å²) in [6, 6.07) is 13.2. The molecule has 2 aromatic carbocycles. The topological polar surface area (TPSA) is 18.5 Å². The van der Waals surface area contributed by atoms with E-state index in [1.807, 2.05) is 30.5 Å². The van der Waals surface area contributed by atoms with Gasteiger partial charge < -0.3 is 9.47 Å². The van der Waals surface area contributed by atoms with E-state index in [-0.39, 0.29) is 5.75 Å². The molecule has 2 nitrogen and oxygen atoms in total. The maximum absolute atomic E-state index is 12.0. The van der Waals surface area contributed by atoms with Gasteiger partial charge in [-0.2, -0.15) is 0 Å². The van der Waals surface area contributed by atoms with Gasteiger partial charge in [-0.3, -0.25) is 0 Å². The summed E-state index contributed by atoms with van der Waals surface area (Å²) in [7, 11) is 0. The average molecular weight is 314 g/mol. The first-order valence-corrected chi connectivity index (χ1v) is 7.30. The Morgan fingerprint density at radius 3 is 2.29 bits per heavy atom. The van der Waals surface area contributed by atoms with Gasteiger partial charge in [-0.05, 0) is 48.2 Å². The Bertz CT molecular complexity index is 582. The van der Waals surface area contributed by atoms with E-state index in [9.17, 15) is 13.2 Å². The van der Waals surface area contributed by atoms with Gasteiger partial charge in [0, 0.05) is 4.90 Å². The molecule has 21 heavy (non-hydrogen) atoms. The molecule has 0 aliphatic rings. The molecule has 0 saturated carbocycles. The van der Waals surface area contributed by atoms with Crippen molar-refractivity contribution in [1.82, 2.24) is 0 Å². The number of hydrogen-bond acceptors (Lipinski definition) is 3. The number of hydrogen-bond donors (Lipinski definition) is 0. The van der Waals surface area contributed by atoms with Gasteiger partial charge in [0.15, 0.2) is 0 Å². The number of ether oxygens (including phenoxy) is 2. The summed E-state index contributed by atoms with van der Waals surface area (Å²) >= 11 is 1.63. The molecule has 0 radical (unpaired) electrons. The molecule has 0 fully saturated rings. The van der Waals surface area contributed by atoms with Crippen LogP contribution in [0.1, 0.15) is 5.56 Å². The number of rotatable bonds is 5. The van der Waals surface area contributed by atoms with Gasteiger partial charge in [-0.25, -0.2) is 0 Å². The molecule has 0 aliphatic carbocycles. The largest absolute Gasteiger partial charge is 0.573 e. The lowest BCUT2D eigenvalue weighted by molar-refractivity contribution is -0.274. The van der Waals surface area contributed by atoms with E-state index in [2.05, 4.69) is 4.74 Å². The lowest BCUT2D eigenvalue weighted by Gasteiger charge is -2.10. The third-order valence-corrected chi connectivity index (χ3v) is 3.32. The molecule has 0 spiro atoms. The summed E-state index contributed by atoms with van der Waals surface area (Å²) < 4.78 is 45.4. The van der Waals surface area contributed by atoms with Crippen molar-refractivity contribution in [1.29, 1.82) is 0 Å². The van der Waals surface area contributed by atoms with Gasteiger partial charge in [0.1, 0.15) is 18.1 Å². The maximum atomic E-state index is 12.0. The summed E-state index contributed by atoms with van der Waals surface area (Å²) in [5.74, 6) is 0.221. The molecule has 0 aliphatic heterocycles. The molecule has 0 saturated heterocycles. The highest BCUT2D eigenvalue weighted by atomic mass is 32.2. The van der Waals surface area contributed by atoms with E-state index < -0.39 is 6.36 Å². The second-order valence-corrected chi connectivity index (χ2v) is 5.04. The first-order chi connectivity index (χ1) is 9.96. The molecule has 112 valence electrons. The van der Waals surface area contributed by atoms with Crippen LogP contribution in [0, 0.1) is 0 Å². The highest BCUT2D eigenvalue weighted by Crippen LogP contribution is 2.25. The van der Waals surface area contributed by atoms with E-state index in [1.54, 1.807) is 11.8 Å². The molecule has 0 N–H and O–H groups in total. The number of benzene rings is 2.